The van der Waals surface area contributed by atoms with Crippen molar-refractivity contribution in [3.63, 3.8) is 0 Å². The van der Waals surface area contributed by atoms with E-state index in [0.29, 0.717) is 95.3 Å². The Balaban J connectivity index is 0.000000197. The van der Waals surface area contributed by atoms with Crippen molar-refractivity contribution in [1.82, 2.24) is 19.1 Å². The second-order valence-electron chi connectivity index (χ2n) is 14.6. The average Bonchev–Trinajstić information content (AvgIpc) is 3.99. The predicted molar refractivity (Wildman–Crippen MR) is 221 cm³/mol. The van der Waals surface area contributed by atoms with E-state index in [1.165, 1.54) is 20.4 Å². The Labute approximate surface area is 355 Å². The summed E-state index contributed by atoms with van der Waals surface area (Å²) in [6.45, 7) is 7.07. The molecule has 0 amide bonds. The Hall–Kier alpha value is -5.06. The van der Waals surface area contributed by atoms with Gasteiger partial charge in [0.25, 0.3) is 5.24 Å². The fraction of sp³-hybridized carbons (Fsp3) is 0.477. The molecular formula is C44H55ClN4O11. The Morgan fingerprint density at radius 1 is 0.700 bits per heavy atom. The lowest BCUT2D eigenvalue weighted by Crippen LogP contribution is -2.44. The van der Waals surface area contributed by atoms with Crippen LogP contribution in [0.15, 0.2) is 85.7 Å². The Kier molecular flexibility index (Phi) is 18.8. The summed E-state index contributed by atoms with van der Waals surface area (Å²) in [4.78, 5) is 66.1. The molecule has 15 nitrogen and oxygen atoms in total. The molecule has 60 heavy (non-hydrogen) atoms. The minimum atomic E-state index is -1.30. The van der Waals surface area contributed by atoms with Gasteiger partial charge in [-0.3, -0.25) is 19.2 Å². The fourth-order valence-electron chi connectivity index (χ4n) is 6.91. The number of benzene rings is 2. The highest BCUT2D eigenvalue weighted by molar-refractivity contribution is 6.67. The van der Waals surface area contributed by atoms with E-state index in [4.69, 9.17) is 30.5 Å². The van der Waals surface area contributed by atoms with Gasteiger partial charge in [0.1, 0.15) is 17.2 Å². The zero-order valence-corrected chi connectivity index (χ0v) is 35.4. The standard InChI is InChI=1S/C20H24N2O4.C12H11ClN2O.C7H12O4.C5H8O2/c1-15(16-6-4-3-5-7-16)22-14-21-13-17(22)18(23)12-20(19(24)25-2)8-10-26-11-9-20;1-9(10-5-3-2-4-6-10)15-8-14-7-11(15)12(13)16;1-10-6(8)7(9)2-4-11-5-3-7;6-5-1-3-7-4-2-5/h3-7,13-15H,8-12H2,1-2H3;2-9H,1H3;9H,2-5H2,1H3;1-4H2/t15-;9-;;/m11../s1. The van der Waals surface area contributed by atoms with Gasteiger partial charge in [0.15, 0.2) is 11.4 Å². The SMILES string of the molecule is COC(=O)C1(CC(=O)c2cncn2[C@H](C)c2ccccc2)CCOCC1.COC(=O)C1(O)CCOCC1.C[C@H](c1ccccc1)n1cncc1C(=O)Cl.O=C1CCOCC1. The molecule has 7 rings (SSSR count). The maximum Gasteiger partial charge on any atom is 0.338 e. The lowest BCUT2D eigenvalue weighted by molar-refractivity contribution is -0.171. The number of imidazole rings is 2. The summed E-state index contributed by atoms with van der Waals surface area (Å²) in [7, 11) is 2.64. The number of hydrogen-bond acceptors (Lipinski definition) is 13. The first-order valence-electron chi connectivity index (χ1n) is 19.9. The van der Waals surface area contributed by atoms with Crippen LogP contribution in [-0.4, -0.2) is 112 Å². The van der Waals surface area contributed by atoms with E-state index in [9.17, 15) is 29.1 Å². The highest BCUT2D eigenvalue weighted by atomic mass is 35.5. The second kappa shape index (κ2) is 23.7. The fourth-order valence-corrected chi connectivity index (χ4v) is 7.06. The second-order valence-corrected chi connectivity index (χ2v) is 14.9. The molecule has 1 N–H and O–H groups in total. The lowest BCUT2D eigenvalue weighted by Gasteiger charge is -2.33. The number of hydrogen-bond donors (Lipinski definition) is 1. The third-order valence-electron chi connectivity index (χ3n) is 10.7. The van der Waals surface area contributed by atoms with Crippen molar-refractivity contribution >= 4 is 40.3 Å². The summed E-state index contributed by atoms with van der Waals surface area (Å²) in [5, 5.41) is 9.10. The number of aliphatic hydroxyl groups is 1. The number of nitrogens with zero attached hydrogens (tertiary/aromatic N) is 4. The Morgan fingerprint density at radius 3 is 1.57 bits per heavy atom. The van der Waals surface area contributed by atoms with E-state index in [-0.39, 0.29) is 30.3 Å². The molecule has 4 aromatic rings. The molecular weight excluding hydrogens is 796 g/mol. The molecule has 0 unspecified atom stereocenters. The van der Waals surface area contributed by atoms with Crippen molar-refractivity contribution in [3.8, 4) is 0 Å². The number of rotatable bonds is 10. The molecule has 2 aromatic heterocycles. The highest BCUT2D eigenvalue weighted by Gasteiger charge is 2.43. The number of esters is 2. The minimum Gasteiger partial charge on any atom is -0.469 e. The van der Waals surface area contributed by atoms with Gasteiger partial charge in [-0.15, -0.1) is 0 Å². The van der Waals surface area contributed by atoms with Gasteiger partial charge in [0.05, 0.1) is 70.0 Å². The van der Waals surface area contributed by atoms with Crippen molar-refractivity contribution in [3.05, 3.63) is 108 Å². The maximum atomic E-state index is 13.0. The number of methoxy groups -OCH3 is 2. The lowest BCUT2D eigenvalue weighted by atomic mass is 9.75. The molecule has 0 bridgehead atoms. The number of Topliss-reactive ketones (excluding diaryl/α,β-unsaturated/α-hetero) is 2. The molecule has 0 aliphatic carbocycles. The molecule has 2 aromatic carbocycles. The number of carbonyl (C=O) groups excluding carboxylic acids is 5. The van der Waals surface area contributed by atoms with E-state index in [2.05, 4.69) is 14.7 Å². The quantitative estimate of drug-likeness (QED) is 0.112. The zero-order valence-electron chi connectivity index (χ0n) is 34.6. The highest BCUT2D eigenvalue weighted by Crippen LogP contribution is 2.37. The van der Waals surface area contributed by atoms with Gasteiger partial charge >= 0.3 is 11.9 Å². The van der Waals surface area contributed by atoms with Crippen molar-refractivity contribution in [2.24, 2.45) is 5.41 Å². The van der Waals surface area contributed by atoms with Crippen LogP contribution in [0.4, 0.5) is 0 Å². The van der Waals surface area contributed by atoms with Crippen LogP contribution in [0.25, 0.3) is 0 Å². The molecule has 0 spiro atoms. The van der Waals surface area contributed by atoms with Crippen molar-refractivity contribution < 1.29 is 52.8 Å². The van der Waals surface area contributed by atoms with Crippen molar-refractivity contribution in [1.29, 1.82) is 0 Å². The van der Waals surface area contributed by atoms with Crippen LogP contribution in [0, 0.1) is 5.41 Å². The Morgan fingerprint density at radius 2 is 1.13 bits per heavy atom. The van der Waals surface area contributed by atoms with Gasteiger partial charge in [-0.2, -0.15) is 0 Å². The van der Waals surface area contributed by atoms with Crippen molar-refractivity contribution in [2.45, 2.75) is 76.5 Å². The molecule has 3 fully saturated rings. The van der Waals surface area contributed by atoms with Crippen LogP contribution in [0.1, 0.15) is 103 Å². The molecule has 324 valence electrons. The van der Waals surface area contributed by atoms with Crippen LogP contribution in [0.5, 0.6) is 0 Å². The molecule has 3 saturated heterocycles. The normalized spacial score (nSPS) is 17.7. The molecule has 3 aliphatic heterocycles. The number of ether oxygens (including phenoxy) is 5. The molecule has 3 aliphatic rings. The van der Waals surface area contributed by atoms with Gasteiger partial charge in [0.2, 0.25) is 0 Å². The van der Waals surface area contributed by atoms with E-state index in [1.807, 2.05) is 79.1 Å². The topological polar surface area (TPSA) is 187 Å². The van der Waals surface area contributed by atoms with Crippen molar-refractivity contribution in [2.75, 3.05) is 53.9 Å². The van der Waals surface area contributed by atoms with Crippen LogP contribution >= 0.6 is 11.6 Å². The first kappa shape index (κ1) is 47.6. The van der Waals surface area contributed by atoms with E-state index < -0.39 is 22.2 Å². The van der Waals surface area contributed by atoms with Crippen LogP contribution in [0.3, 0.4) is 0 Å². The van der Waals surface area contributed by atoms with Crippen LogP contribution < -0.4 is 0 Å². The van der Waals surface area contributed by atoms with E-state index in [1.54, 1.807) is 23.4 Å². The van der Waals surface area contributed by atoms with Gasteiger partial charge in [-0.1, -0.05) is 60.7 Å². The zero-order chi connectivity index (χ0) is 43.5. The first-order chi connectivity index (χ1) is 28.9. The molecule has 0 saturated carbocycles. The third kappa shape index (κ3) is 13.2. The molecule has 2 atom stereocenters. The minimum absolute atomic E-state index is 0.0265. The van der Waals surface area contributed by atoms with E-state index >= 15 is 0 Å². The summed E-state index contributed by atoms with van der Waals surface area (Å²) in [6, 6.07) is 19.9. The van der Waals surface area contributed by atoms with Gasteiger partial charge in [-0.25, -0.2) is 14.8 Å². The molecule has 16 heteroatoms. The number of ketones is 2. The number of halogens is 1. The largest absolute Gasteiger partial charge is 0.469 e. The summed E-state index contributed by atoms with van der Waals surface area (Å²) >= 11 is 5.48. The first-order valence-corrected chi connectivity index (χ1v) is 20.2. The maximum absolute atomic E-state index is 13.0. The van der Waals surface area contributed by atoms with Gasteiger partial charge in [-0.05, 0) is 49.4 Å². The third-order valence-corrected chi connectivity index (χ3v) is 10.9. The predicted octanol–water partition coefficient (Wildman–Crippen LogP) is 5.97. The van der Waals surface area contributed by atoms with Crippen LogP contribution in [0.2, 0.25) is 0 Å². The summed E-state index contributed by atoms with van der Waals surface area (Å²) < 4.78 is 28.4. The summed E-state index contributed by atoms with van der Waals surface area (Å²) in [5.41, 5.74) is 1.02. The van der Waals surface area contributed by atoms with Gasteiger partial charge < -0.3 is 37.9 Å². The number of carbonyl (C=O) groups is 5. The Bertz CT molecular complexity index is 1970. The molecule has 0 radical (unpaired) electrons. The monoisotopic (exact) mass is 850 g/mol. The summed E-state index contributed by atoms with van der Waals surface area (Å²) in [6.07, 6.45) is 9.35. The average molecular weight is 851 g/mol. The number of aromatic nitrogens is 4. The molecule has 5 heterocycles. The summed E-state index contributed by atoms with van der Waals surface area (Å²) in [5.74, 6) is -0.652. The van der Waals surface area contributed by atoms with Gasteiger partial charge in [0, 0.05) is 58.5 Å². The smallest absolute Gasteiger partial charge is 0.338 e. The van der Waals surface area contributed by atoms with E-state index in [0.717, 1.165) is 11.1 Å². The van der Waals surface area contributed by atoms with Crippen LogP contribution in [-0.2, 0) is 38.1 Å².